The first-order valence-electron chi connectivity index (χ1n) is 8.99. The van der Waals surface area contributed by atoms with Gasteiger partial charge in [-0.05, 0) is 29.0 Å². The number of furan rings is 1. The first-order valence-corrected chi connectivity index (χ1v) is 9.98. The van der Waals surface area contributed by atoms with Crippen molar-refractivity contribution in [1.82, 2.24) is 14.9 Å². The third kappa shape index (κ3) is 2.46. The second-order valence-electron chi connectivity index (χ2n) is 6.66. The first-order chi connectivity index (χ1) is 13.8. The van der Waals surface area contributed by atoms with Crippen molar-refractivity contribution in [3.8, 4) is 11.4 Å². The Morgan fingerprint density at radius 2 is 1.64 bits per heavy atom. The number of hydrogen-bond donors (Lipinski definition) is 0. The summed E-state index contributed by atoms with van der Waals surface area (Å²) in [6, 6.07) is 24.6. The topological polar surface area (TPSA) is 56.2 Å². The number of nitrogens with zero attached hydrogens (tertiary/aromatic N) is 4. The first kappa shape index (κ1) is 15.7. The summed E-state index contributed by atoms with van der Waals surface area (Å²) in [4.78, 5) is 0. The molecule has 28 heavy (non-hydrogen) atoms. The largest absolute Gasteiger partial charge is 0.455 e. The van der Waals surface area contributed by atoms with Crippen LogP contribution in [0.15, 0.2) is 87.5 Å². The van der Waals surface area contributed by atoms with Gasteiger partial charge in [-0.1, -0.05) is 66.4 Å². The number of fused-ring (bicyclic) bond motifs is 3. The van der Waals surface area contributed by atoms with Gasteiger partial charge >= 0.3 is 0 Å². The Hall–Kier alpha value is -3.38. The van der Waals surface area contributed by atoms with Crippen molar-refractivity contribution >= 4 is 39.2 Å². The van der Waals surface area contributed by atoms with Gasteiger partial charge in [-0.2, -0.15) is 9.78 Å². The standard InChI is InChI=1S/C22H14N4OS/c1-2-6-15-11-17(10-9-14(15)5-1)21-23-24-22-26(21)25-18(13-28-22)20-12-16-7-3-4-8-19(16)27-20/h1-12H,13H2. The molecule has 0 spiro atoms. The Balaban J connectivity index is 1.47. The van der Waals surface area contributed by atoms with Crippen LogP contribution in [0.25, 0.3) is 33.1 Å². The van der Waals surface area contributed by atoms with Crippen molar-refractivity contribution in [2.75, 3.05) is 5.75 Å². The summed E-state index contributed by atoms with van der Waals surface area (Å²) >= 11 is 1.62. The Labute approximate surface area is 164 Å². The van der Waals surface area contributed by atoms with Crippen molar-refractivity contribution in [2.45, 2.75) is 5.16 Å². The molecule has 1 aliphatic heterocycles. The summed E-state index contributed by atoms with van der Waals surface area (Å²) < 4.78 is 7.82. The maximum Gasteiger partial charge on any atom is 0.212 e. The SMILES string of the molecule is c1ccc2cc(-c3nnc4n3N=C(c3cc5ccccc5o3)CS4)ccc2c1. The van der Waals surface area contributed by atoms with Crippen LogP contribution in [0.5, 0.6) is 0 Å². The zero-order valence-corrected chi connectivity index (χ0v) is 15.6. The molecule has 0 saturated carbocycles. The summed E-state index contributed by atoms with van der Waals surface area (Å²) in [6.45, 7) is 0. The minimum atomic E-state index is 0.704. The molecule has 0 atom stereocenters. The molecule has 6 heteroatoms. The zero-order valence-electron chi connectivity index (χ0n) is 14.7. The average Bonchev–Trinajstić information content (AvgIpc) is 3.37. The molecule has 0 saturated heterocycles. The lowest BCUT2D eigenvalue weighted by Crippen LogP contribution is -2.13. The van der Waals surface area contributed by atoms with Crippen LogP contribution in [0.3, 0.4) is 0 Å². The van der Waals surface area contributed by atoms with Crippen molar-refractivity contribution in [1.29, 1.82) is 0 Å². The van der Waals surface area contributed by atoms with E-state index in [2.05, 4.69) is 40.5 Å². The monoisotopic (exact) mass is 382 g/mol. The van der Waals surface area contributed by atoms with E-state index in [1.54, 1.807) is 11.8 Å². The van der Waals surface area contributed by atoms with Crippen molar-refractivity contribution < 1.29 is 4.42 Å². The van der Waals surface area contributed by atoms with E-state index >= 15 is 0 Å². The van der Waals surface area contributed by atoms with Crippen LogP contribution in [0.4, 0.5) is 0 Å². The highest BCUT2D eigenvalue weighted by atomic mass is 32.2. The molecule has 2 aromatic heterocycles. The molecular formula is C22H14N4OS. The summed E-state index contributed by atoms with van der Waals surface area (Å²) in [6.07, 6.45) is 0. The quantitative estimate of drug-likeness (QED) is 0.421. The van der Waals surface area contributed by atoms with Crippen LogP contribution in [0.2, 0.25) is 0 Å². The Morgan fingerprint density at radius 1 is 0.821 bits per heavy atom. The minimum absolute atomic E-state index is 0.704. The van der Waals surface area contributed by atoms with E-state index in [9.17, 15) is 0 Å². The fraction of sp³-hybridized carbons (Fsp3) is 0.0455. The predicted molar refractivity (Wildman–Crippen MR) is 112 cm³/mol. The number of benzene rings is 3. The van der Waals surface area contributed by atoms with Gasteiger partial charge in [0.2, 0.25) is 5.16 Å². The van der Waals surface area contributed by atoms with Gasteiger partial charge in [-0.15, -0.1) is 10.2 Å². The number of para-hydroxylation sites is 1. The lowest BCUT2D eigenvalue weighted by atomic mass is 10.1. The Morgan fingerprint density at radius 3 is 2.54 bits per heavy atom. The van der Waals surface area contributed by atoms with Gasteiger partial charge in [0, 0.05) is 16.7 Å². The highest BCUT2D eigenvalue weighted by Crippen LogP contribution is 2.31. The van der Waals surface area contributed by atoms with Crippen molar-refractivity contribution in [3.05, 3.63) is 78.6 Å². The third-order valence-electron chi connectivity index (χ3n) is 4.89. The van der Waals surface area contributed by atoms with E-state index in [4.69, 9.17) is 9.52 Å². The van der Waals surface area contributed by atoms with Gasteiger partial charge in [0.05, 0.1) is 0 Å². The molecule has 134 valence electrons. The molecule has 1 aliphatic rings. The fourth-order valence-electron chi connectivity index (χ4n) is 3.48. The van der Waals surface area contributed by atoms with E-state index < -0.39 is 0 Å². The number of thioether (sulfide) groups is 1. The molecule has 6 rings (SSSR count). The molecule has 0 aliphatic carbocycles. The van der Waals surface area contributed by atoms with Gasteiger partial charge in [-0.25, -0.2) is 0 Å². The summed E-state index contributed by atoms with van der Waals surface area (Å²) in [5.74, 6) is 2.23. The lowest BCUT2D eigenvalue weighted by Gasteiger charge is -2.12. The second-order valence-corrected chi connectivity index (χ2v) is 7.61. The smallest absolute Gasteiger partial charge is 0.212 e. The van der Waals surface area contributed by atoms with Crippen LogP contribution in [-0.4, -0.2) is 26.3 Å². The zero-order chi connectivity index (χ0) is 18.5. The van der Waals surface area contributed by atoms with Gasteiger partial charge in [0.15, 0.2) is 11.6 Å². The molecule has 3 heterocycles. The second kappa shape index (κ2) is 6.07. The molecule has 0 unspecified atom stereocenters. The molecule has 0 bridgehead atoms. The molecule has 0 N–H and O–H groups in total. The predicted octanol–water partition coefficient (Wildman–Crippen LogP) is 5.20. The van der Waals surface area contributed by atoms with Crippen LogP contribution < -0.4 is 0 Å². The highest BCUT2D eigenvalue weighted by Gasteiger charge is 2.22. The van der Waals surface area contributed by atoms with Gasteiger partial charge in [0.25, 0.3) is 0 Å². The fourth-order valence-corrected chi connectivity index (χ4v) is 4.29. The minimum Gasteiger partial charge on any atom is -0.455 e. The Bertz CT molecular complexity index is 1350. The summed E-state index contributed by atoms with van der Waals surface area (Å²) in [5, 5.41) is 17.8. The summed E-state index contributed by atoms with van der Waals surface area (Å²) in [7, 11) is 0. The normalized spacial score (nSPS) is 13.6. The van der Waals surface area contributed by atoms with Gasteiger partial charge in [0.1, 0.15) is 11.3 Å². The lowest BCUT2D eigenvalue weighted by molar-refractivity contribution is 0.601. The van der Waals surface area contributed by atoms with E-state index in [0.717, 1.165) is 39.0 Å². The van der Waals surface area contributed by atoms with Crippen LogP contribution >= 0.6 is 11.8 Å². The maximum absolute atomic E-state index is 6.00. The number of aromatic nitrogens is 3. The van der Waals surface area contributed by atoms with Crippen molar-refractivity contribution in [3.63, 3.8) is 0 Å². The van der Waals surface area contributed by atoms with E-state index in [-0.39, 0.29) is 0 Å². The maximum atomic E-state index is 6.00. The van der Waals surface area contributed by atoms with Crippen LogP contribution in [0.1, 0.15) is 5.76 Å². The molecule has 0 fully saturated rings. The van der Waals surface area contributed by atoms with Crippen molar-refractivity contribution in [2.24, 2.45) is 5.10 Å². The summed E-state index contributed by atoms with van der Waals surface area (Å²) in [5.41, 5.74) is 2.75. The molecular weight excluding hydrogens is 368 g/mol. The van der Waals surface area contributed by atoms with E-state index in [1.165, 1.54) is 10.8 Å². The molecule has 0 amide bonds. The van der Waals surface area contributed by atoms with Gasteiger partial charge < -0.3 is 4.42 Å². The molecule has 0 radical (unpaired) electrons. The highest BCUT2D eigenvalue weighted by molar-refractivity contribution is 7.99. The molecule has 5 nitrogen and oxygen atoms in total. The Kier molecular flexibility index (Phi) is 3.39. The number of rotatable bonds is 2. The van der Waals surface area contributed by atoms with Crippen LogP contribution in [0, 0.1) is 0 Å². The van der Waals surface area contributed by atoms with Crippen LogP contribution in [-0.2, 0) is 0 Å². The van der Waals surface area contributed by atoms with Gasteiger partial charge in [-0.3, -0.25) is 0 Å². The number of hydrogen-bond acceptors (Lipinski definition) is 5. The third-order valence-corrected chi connectivity index (χ3v) is 5.82. The molecule has 5 aromatic rings. The van der Waals surface area contributed by atoms with E-state index in [0.29, 0.717) is 5.75 Å². The van der Waals surface area contributed by atoms with E-state index in [1.807, 2.05) is 47.1 Å². The average molecular weight is 382 g/mol. The molecule has 3 aromatic carbocycles.